The van der Waals surface area contributed by atoms with Crippen molar-refractivity contribution in [3.63, 3.8) is 0 Å². The van der Waals surface area contributed by atoms with Crippen molar-refractivity contribution in [1.82, 2.24) is 0 Å². The molecular formula is C28H50O2. The predicted octanol–water partition coefficient (Wildman–Crippen LogP) is 8.49. The van der Waals surface area contributed by atoms with Crippen LogP contribution in [0.1, 0.15) is 130 Å². The van der Waals surface area contributed by atoms with E-state index in [1.165, 1.54) is 89.9 Å². The van der Waals surface area contributed by atoms with E-state index in [-0.39, 0.29) is 0 Å². The minimum atomic E-state index is -0.606. The Labute approximate surface area is 187 Å². The number of hydrogen-bond donors (Lipinski definition) is 1. The highest BCUT2D eigenvalue weighted by molar-refractivity contribution is 5.66. The molecule has 0 aromatic heterocycles. The summed E-state index contributed by atoms with van der Waals surface area (Å²) in [5.41, 5.74) is 1.07. The van der Waals surface area contributed by atoms with E-state index in [0.29, 0.717) is 23.2 Å². The number of rotatable bonds is 6. The lowest BCUT2D eigenvalue weighted by Gasteiger charge is -2.60. The van der Waals surface area contributed by atoms with Gasteiger partial charge in [0.05, 0.1) is 0 Å². The molecule has 0 bridgehead atoms. The van der Waals surface area contributed by atoms with Crippen LogP contribution in [0.3, 0.4) is 0 Å². The zero-order valence-electron chi connectivity index (χ0n) is 20.6. The Kier molecular flexibility index (Phi) is 8.35. The fourth-order valence-corrected chi connectivity index (χ4v) is 8.68. The fourth-order valence-electron chi connectivity index (χ4n) is 8.68. The second-order valence-corrected chi connectivity index (χ2v) is 11.9. The Balaban J connectivity index is 0.000000377. The Morgan fingerprint density at radius 2 is 1.53 bits per heavy atom. The van der Waals surface area contributed by atoms with Gasteiger partial charge in [-0.05, 0) is 98.2 Å². The summed E-state index contributed by atoms with van der Waals surface area (Å²) >= 11 is 0. The van der Waals surface area contributed by atoms with Crippen LogP contribution in [0.25, 0.3) is 0 Å². The lowest BCUT2D eigenvalue weighted by Crippen LogP contribution is -2.52. The van der Waals surface area contributed by atoms with Gasteiger partial charge in [0.2, 0.25) is 0 Å². The van der Waals surface area contributed by atoms with Gasteiger partial charge in [-0.25, -0.2) is 0 Å². The van der Waals surface area contributed by atoms with Crippen LogP contribution < -0.4 is 0 Å². The quantitative estimate of drug-likeness (QED) is 0.439. The smallest absolute Gasteiger partial charge is 0.303 e. The molecule has 7 unspecified atom stereocenters. The molecule has 0 spiro atoms. The van der Waals surface area contributed by atoms with Crippen LogP contribution in [-0.2, 0) is 4.79 Å². The van der Waals surface area contributed by atoms with Crippen molar-refractivity contribution in [1.29, 1.82) is 0 Å². The van der Waals surface area contributed by atoms with Gasteiger partial charge in [-0.1, -0.05) is 66.2 Å². The molecule has 30 heavy (non-hydrogen) atoms. The lowest BCUT2D eigenvalue weighted by molar-refractivity contribution is -0.138. The molecule has 0 saturated heterocycles. The third kappa shape index (κ3) is 4.78. The lowest BCUT2D eigenvalue weighted by atomic mass is 9.45. The summed E-state index contributed by atoms with van der Waals surface area (Å²) in [6.45, 7) is 9.64. The number of fused-ring (bicyclic) bond motifs is 5. The summed E-state index contributed by atoms with van der Waals surface area (Å²) in [5.74, 6) is 3.85. The third-order valence-corrected chi connectivity index (χ3v) is 10.4. The van der Waals surface area contributed by atoms with E-state index < -0.39 is 5.97 Å². The summed E-state index contributed by atoms with van der Waals surface area (Å²) in [6.07, 6.45) is 21.1. The summed E-state index contributed by atoms with van der Waals surface area (Å²) < 4.78 is 0. The van der Waals surface area contributed by atoms with Crippen LogP contribution in [0.2, 0.25) is 0 Å². The second-order valence-electron chi connectivity index (χ2n) is 11.9. The number of carbonyl (C=O) groups is 1. The first kappa shape index (κ1) is 24.1. The van der Waals surface area contributed by atoms with E-state index in [1.807, 2.05) is 0 Å². The zero-order chi connectivity index (χ0) is 21.8. The van der Waals surface area contributed by atoms with Gasteiger partial charge in [0, 0.05) is 6.42 Å². The first-order valence-corrected chi connectivity index (χ1v) is 13.6. The molecule has 1 N–H and O–H groups in total. The molecule has 4 rings (SSSR count). The normalized spacial score (nSPS) is 42.3. The topological polar surface area (TPSA) is 37.3 Å². The highest BCUT2D eigenvalue weighted by Gasteiger charge is 2.59. The van der Waals surface area contributed by atoms with Crippen molar-refractivity contribution in [2.45, 2.75) is 130 Å². The standard InChI is InChI=1S/C22H36O2.C6H14/c1-21-13-4-3-5-15(21)6-9-17-18-10-7-16(8-11-20(23)24)22(18,2)14-12-19(17)21;1-3-5-6-4-2/h15-19H,3-14H2,1-2H3,(H,23,24);3-6H2,1-2H3. The maximum absolute atomic E-state index is 11.0. The highest BCUT2D eigenvalue weighted by atomic mass is 16.4. The molecule has 4 aliphatic carbocycles. The number of unbranched alkanes of at least 4 members (excludes halogenated alkanes) is 3. The van der Waals surface area contributed by atoms with E-state index in [4.69, 9.17) is 5.11 Å². The molecule has 0 aromatic rings. The van der Waals surface area contributed by atoms with E-state index in [1.54, 1.807) is 0 Å². The fraction of sp³-hybridized carbons (Fsp3) is 0.964. The highest BCUT2D eigenvalue weighted by Crippen LogP contribution is 2.67. The van der Waals surface area contributed by atoms with Crippen molar-refractivity contribution < 1.29 is 9.90 Å². The summed E-state index contributed by atoms with van der Waals surface area (Å²) in [6, 6.07) is 0. The molecule has 2 heteroatoms. The summed E-state index contributed by atoms with van der Waals surface area (Å²) in [7, 11) is 0. The van der Waals surface area contributed by atoms with Crippen molar-refractivity contribution in [3.05, 3.63) is 0 Å². The first-order valence-electron chi connectivity index (χ1n) is 13.6. The Hall–Kier alpha value is -0.530. The van der Waals surface area contributed by atoms with Crippen molar-refractivity contribution in [2.75, 3.05) is 0 Å². The van der Waals surface area contributed by atoms with Gasteiger partial charge in [0.25, 0.3) is 0 Å². The molecule has 0 heterocycles. The van der Waals surface area contributed by atoms with Crippen molar-refractivity contribution in [2.24, 2.45) is 40.4 Å². The molecule has 0 aromatic carbocycles. The number of carboxylic acid groups (broad SMARTS) is 1. The van der Waals surface area contributed by atoms with Crippen molar-refractivity contribution in [3.8, 4) is 0 Å². The number of hydrogen-bond acceptors (Lipinski definition) is 1. The Bertz CT molecular complexity index is 553. The average Bonchev–Trinajstić information content (AvgIpc) is 3.07. The van der Waals surface area contributed by atoms with Gasteiger partial charge in [0.1, 0.15) is 0 Å². The zero-order valence-corrected chi connectivity index (χ0v) is 20.6. The summed E-state index contributed by atoms with van der Waals surface area (Å²) in [5, 5.41) is 9.10. The molecule has 0 amide bonds. The maximum Gasteiger partial charge on any atom is 0.303 e. The van der Waals surface area contributed by atoms with Crippen LogP contribution in [0, 0.1) is 40.4 Å². The van der Waals surface area contributed by atoms with Crippen molar-refractivity contribution >= 4 is 5.97 Å². The van der Waals surface area contributed by atoms with Crippen LogP contribution in [0.5, 0.6) is 0 Å². The van der Waals surface area contributed by atoms with Crippen LogP contribution in [0.4, 0.5) is 0 Å². The first-order chi connectivity index (χ1) is 14.4. The Morgan fingerprint density at radius 1 is 0.833 bits per heavy atom. The SMILES string of the molecule is CC12CCCCC1CCC1C2CCC2(C)C(CCC(=O)O)CCC12.CCCCCC. The molecule has 4 saturated carbocycles. The van der Waals surface area contributed by atoms with Gasteiger partial charge in [0.15, 0.2) is 0 Å². The molecule has 4 aliphatic rings. The molecule has 0 aliphatic heterocycles. The predicted molar refractivity (Wildman–Crippen MR) is 127 cm³/mol. The summed E-state index contributed by atoms with van der Waals surface area (Å²) in [4.78, 5) is 11.0. The largest absolute Gasteiger partial charge is 0.481 e. The van der Waals surface area contributed by atoms with Gasteiger partial charge in [-0.3, -0.25) is 4.79 Å². The monoisotopic (exact) mass is 418 g/mol. The molecular weight excluding hydrogens is 368 g/mol. The molecule has 7 atom stereocenters. The van der Waals surface area contributed by atoms with E-state index in [9.17, 15) is 4.79 Å². The molecule has 0 radical (unpaired) electrons. The van der Waals surface area contributed by atoms with Gasteiger partial charge < -0.3 is 5.11 Å². The van der Waals surface area contributed by atoms with Gasteiger partial charge >= 0.3 is 5.97 Å². The van der Waals surface area contributed by atoms with Crippen LogP contribution >= 0.6 is 0 Å². The van der Waals surface area contributed by atoms with Crippen LogP contribution in [0.15, 0.2) is 0 Å². The minimum Gasteiger partial charge on any atom is -0.481 e. The van der Waals surface area contributed by atoms with E-state index in [0.717, 1.165) is 30.1 Å². The van der Waals surface area contributed by atoms with Gasteiger partial charge in [-0.2, -0.15) is 0 Å². The van der Waals surface area contributed by atoms with E-state index in [2.05, 4.69) is 27.7 Å². The number of carboxylic acids is 1. The number of aliphatic carboxylic acids is 1. The molecule has 174 valence electrons. The third-order valence-electron chi connectivity index (χ3n) is 10.4. The molecule has 4 fully saturated rings. The maximum atomic E-state index is 11.0. The van der Waals surface area contributed by atoms with Crippen LogP contribution in [-0.4, -0.2) is 11.1 Å². The second kappa shape index (κ2) is 10.4. The average molecular weight is 419 g/mol. The Morgan fingerprint density at radius 3 is 2.20 bits per heavy atom. The van der Waals surface area contributed by atoms with Gasteiger partial charge in [-0.15, -0.1) is 0 Å². The van der Waals surface area contributed by atoms with E-state index >= 15 is 0 Å². The minimum absolute atomic E-state index is 0.376. The molecule has 2 nitrogen and oxygen atoms in total.